The summed E-state index contributed by atoms with van der Waals surface area (Å²) >= 11 is 15.2. The van der Waals surface area contributed by atoms with Crippen LogP contribution >= 0.6 is 39.1 Å². The molecule has 0 radical (unpaired) electrons. The molecule has 0 amide bonds. The van der Waals surface area contributed by atoms with Gasteiger partial charge in [-0.3, -0.25) is 4.79 Å². The average molecular weight is 419 g/mol. The molecule has 1 rings (SSSR count). The molecule has 0 aliphatic rings. The van der Waals surface area contributed by atoms with Gasteiger partial charge in [0.2, 0.25) is 10.0 Å². The molecule has 5 nitrogen and oxygen atoms in total. The van der Waals surface area contributed by atoms with Gasteiger partial charge in [0, 0.05) is 10.5 Å². The van der Waals surface area contributed by atoms with E-state index in [1.807, 2.05) is 0 Å². The molecular formula is C12H14BrCl2NO4S. The van der Waals surface area contributed by atoms with Crippen molar-refractivity contribution in [2.75, 3.05) is 13.7 Å². The minimum absolute atomic E-state index is 0.0232. The second kappa shape index (κ2) is 7.28. The maximum Gasteiger partial charge on any atom is 0.321 e. The van der Waals surface area contributed by atoms with Gasteiger partial charge in [-0.2, -0.15) is 4.31 Å². The van der Waals surface area contributed by atoms with Gasteiger partial charge < -0.3 is 4.74 Å². The van der Waals surface area contributed by atoms with Gasteiger partial charge in [-0.05, 0) is 26.0 Å². The number of methoxy groups -OCH3 is 1. The number of hydrogen-bond acceptors (Lipinski definition) is 4. The number of sulfonamides is 1. The number of carbonyl (C=O) groups is 1. The topological polar surface area (TPSA) is 63.7 Å². The number of esters is 1. The van der Waals surface area contributed by atoms with Gasteiger partial charge >= 0.3 is 5.97 Å². The molecule has 1 aromatic rings. The van der Waals surface area contributed by atoms with Crippen LogP contribution in [0.1, 0.15) is 13.8 Å². The van der Waals surface area contributed by atoms with Crippen molar-refractivity contribution in [3.63, 3.8) is 0 Å². The summed E-state index contributed by atoms with van der Waals surface area (Å²) in [4.78, 5) is 11.2. The number of benzene rings is 1. The molecule has 1 aromatic carbocycles. The predicted molar refractivity (Wildman–Crippen MR) is 85.2 cm³/mol. The van der Waals surface area contributed by atoms with Gasteiger partial charge in [-0.25, -0.2) is 8.42 Å². The first-order valence-corrected chi connectivity index (χ1v) is 8.83. The molecule has 0 unspecified atom stereocenters. The summed E-state index contributed by atoms with van der Waals surface area (Å²) in [5, 5.41) is -0.0465. The number of hydrogen-bond donors (Lipinski definition) is 0. The van der Waals surface area contributed by atoms with Crippen LogP contribution in [0.3, 0.4) is 0 Å². The first kappa shape index (κ1) is 18.7. The fourth-order valence-electron chi connectivity index (χ4n) is 1.63. The third kappa shape index (κ3) is 4.32. The van der Waals surface area contributed by atoms with E-state index in [0.717, 1.165) is 4.31 Å². The van der Waals surface area contributed by atoms with Crippen LogP contribution in [0.2, 0.25) is 10.0 Å². The fraction of sp³-hybridized carbons (Fsp3) is 0.417. The van der Waals surface area contributed by atoms with E-state index in [-0.39, 0.29) is 14.9 Å². The van der Waals surface area contributed by atoms with E-state index in [1.165, 1.54) is 19.2 Å². The van der Waals surface area contributed by atoms with Crippen LogP contribution in [0.5, 0.6) is 0 Å². The highest BCUT2D eigenvalue weighted by molar-refractivity contribution is 9.10. The molecule has 0 atom stereocenters. The van der Waals surface area contributed by atoms with Crippen LogP contribution in [-0.4, -0.2) is 38.4 Å². The monoisotopic (exact) mass is 417 g/mol. The Labute approximate surface area is 142 Å². The predicted octanol–water partition coefficient (Wildman–Crippen LogP) is 3.33. The molecule has 118 valence electrons. The largest absolute Gasteiger partial charge is 0.468 e. The van der Waals surface area contributed by atoms with Crippen molar-refractivity contribution < 1.29 is 17.9 Å². The van der Waals surface area contributed by atoms with Crippen LogP contribution in [0.25, 0.3) is 0 Å². The third-order valence-corrected chi connectivity index (χ3v) is 6.02. The summed E-state index contributed by atoms with van der Waals surface area (Å²) < 4.78 is 31.5. The number of halogens is 3. The summed E-state index contributed by atoms with van der Waals surface area (Å²) in [6, 6.07) is 2.39. The van der Waals surface area contributed by atoms with Crippen molar-refractivity contribution in [3.05, 3.63) is 26.7 Å². The molecule has 0 saturated heterocycles. The van der Waals surface area contributed by atoms with Crippen LogP contribution in [-0.2, 0) is 19.6 Å². The van der Waals surface area contributed by atoms with Gasteiger partial charge in [0.15, 0.2) is 0 Å². The van der Waals surface area contributed by atoms with E-state index in [9.17, 15) is 13.2 Å². The number of ether oxygens (including phenoxy) is 1. The summed E-state index contributed by atoms with van der Waals surface area (Å²) in [7, 11) is -2.85. The van der Waals surface area contributed by atoms with E-state index in [4.69, 9.17) is 23.2 Å². The Balaban J connectivity index is 3.40. The summed E-state index contributed by atoms with van der Waals surface area (Å²) in [6.45, 7) is 2.86. The first-order valence-electron chi connectivity index (χ1n) is 5.84. The van der Waals surface area contributed by atoms with Crippen molar-refractivity contribution in [2.45, 2.75) is 24.8 Å². The molecule has 0 heterocycles. The summed E-state index contributed by atoms with van der Waals surface area (Å²) in [6.07, 6.45) is 0. The van der Waals surface area contributed by atoms with Gasteiger partial charge in [0.25, 0.3) is 0 Å². The molecule has 0 aromatic heterocycles. The molecule has 0 saturated carbocycles. The van der Waals surface area contributed by atoms with Crippen molar-refractivity contribution in [1.82, 2.24) is 4.31 Å². The first-order chi connectivity index (χ1) is 9.61. The van der Waals surface area contributed by atoms with E-state index in [1.54, 1.807) is 13.8 Å². The van der Waals surface area contributed by atoms with E-state index in [2.05, 4.69) is 20.7 Å². The summed E-state index contributed by atoms with van der Waals surface area (Å²) in [5.41, 5.74) is 0. The highest BCUT2D eigenvalue weighted by Crippen LogP contribution is 2.35. The SMILES string of the molecule is COC(=O)CN(C(C)C)S(=O)(=O)c1c(Cl)cc(Br)cc1Cl. The highest BCUT2D eigenvalue weighted by atomic mass is 79.9. The average Bonchev–Trinajstić information content (AvgIpc) is 2.33. The highest BCUT2D eigenvalue weighted by Gasteiger charge is 2.33. The smallest absolute Gasteiger partial charge is 0.321 e. The van der Waals surface area contributed by atoms with E-state index in [0.29, 0.717) is 4.47 Å². The Bertz CT molecular complexity index is 626. The third-order valence-electron chi connectivity index (χ3n) is 2.62. The lowest BCUT2D eigenvalue weighted by molar-refractivity contribution is -0.141. The number of rotatable bonds is 5. The molecule has 0 bridgehead atoms. The van der Waals surface area contributed by atoms with Crippen LogP contribution in [0.4, 0.5) is 0 Å². The zero-order valence-corrected chi connectivity index (χ0v) is 15.5. The van der Waals surface area contributed by atoms with Gasteiger partial charge in [0.05, 0.1) is 17.2 Å². The Morgan fingerprint density at radius 1 is 1.33 bits per heavy atom. The maximum absolute atomic E-state index is 12.7. The van der Waals surface area contributed by atoms with Crippen molar-refractivity contribution >= 4 is 55.1 Å². The summed E-state index contributed by atoms with van der Waals surface area (Å²) in [5.74, 6) is -0.670. The molecule has 0 spiro atoms. The van der Waals surface area contributed by atoms with E-state index < -0.39 is 28.6 Å². The zero-order valence-electron chi connectivity index (χ0n) is 11.6. The Morgan fingerprint density at radius 2 is 1.81 bits per heavy atom. The Morgan fingerprint density at radius 3 is 2.19 bits per heavy atom. The van der Waals surface area contributed by atoms with Gasteiger partial charge in [0.1, 0.15) is 11.4 Å². The van der Waals surface area contributed by atoms with Crippen molar-refractivity contribution in [1.29, 1.82) is 0 Å². The van der Waals surface area contributed by atoms with E-state index >= 15 is 0 Å². The standard InChI is InChI=1S/C12H14BrCl2NO4S/c1-7(2)16(6-11(17)20-3)21(18,19)12-9(14)4-8(13)5-10(12)15/h4-5,7H,6H2,1-3H3. The van der Waals surface area contributed by atoms with Crippen LogP contribution in [0, 0.1) is 0 Å². The number of carbonyl (C=O) groups excluding carboxylic acids is 1. The zero-order chi connectivity index (χ0) is 16.4. The molecule has 0 N–H and O–H groups in total. The van der Waals surface area contributed by atoms with Crippen molar-refractivity contribution in [2.24, 2.45) is 0 Å². The minimum atomic E-state index is -4.04. The minimum Gasteiger partial charge on any atom is -0.468 e. The quantitative estimate of drug-likeness (QED) is 0.688. The van der Waals surface area contributed by atoms with Crippen LogP contribution in [0.15, 0.2) is 21.5 Å². The lowest BCUT2D eigenvalue weighted by Crippen LogP contribution is -2.41. The molecule has 9 heteroatoms. The molecule has 0 aliphatic heterocycles. The molecule has 0 aliphatic carbocycles. The maximum atomic E-state index is 12.7. The lowest BCUT2D eigenvalue weighted by Gasteiger charge is -2.25. The van der Waals surface area contributed by atoms with Gasteiger partial charge in [-0.1, -0.05) is 39.1 Å². The Hall–Kier alpha value is -0.340. The van der Waals surface area contributed by atoms with Crippen LogP contribution < -0.4 is 0 Å². The molecular weight excluding hydrogens is 405 g/mol. The molecule has 21 heavy (non-hydrogen) atoms. The second-order valence-electron chi connectivity index (χ2n) is 4.42. The van der Waals surface area contributed by atoms with Gasteiger partial charge in [-0.15, -0.1) is 0 Å². The lowest BCUT2D eigenvalue weighted by atomic mass is 10.4. The van der Waals surface area contributed by atoms with Crippen molar-refractivity contribution in [3.8, 4) is 0 Å². The Kier molecular flexibility index (Phi) is 6.49. The normalized spacial score (nSPS) is 12.0. The number of nitrogens with zero attached hydrogens (tertiary/aromatic N) is 1. The fourth-order valence-corrected chi connectivity index (χ4v) is 5.10. The second-order valence-corrected chi connectivity index (χ2v) is 7.98. The molecule has 0 fully saturated rings.